The maximum Gasteiger partial charge on any atom is 0.223 e. The van der Waals surface area contributed by atoms with Crippen molar-refractivity contribution in [2.24, 2.45) is 5.92 Å². The summed E-state index contributed by atoms with van der Waals surface area (Å²) in [5, 5.41) is 0. The first-order chi connectivity index (χ1) is 9.70. The van der Waals surface area contributed by atoms with Gasteiger partial charge in [-0.15, -0.1) is 0 Å². The Hall–Kier alpha value is -1.55. The number of amides is 1. The van der Waals surface area contributed by atoms with E-state index in [0.29, 0.717) is 25.4 Å². The highest BCUT2D eigenvalue weighted by atomic mass is 16.5. The van der Waals surface area contributed by atoms with Crippen molar-refractivity contribution in [2.75, 3.05) is 26.3 Å². The van der Waals surface area contributed by atoms with Gasteiger partial charge in [0.2, 0.25) is 5.91 Å². The van der Waals surface area contributed by atoms with Gasteiger partial charge in [0.05, 0.1) is 13.1 Å². The van der Waals surface area contributed by atoms with Gasteiger partial charge in [-0.2, -0.15) is 0 Å². The summed E-state index contributed by atoms with van der Waals surface area (Å²) in [6.07, 6.45) is 1.78. The molecule has 1 aromatic carbocycles. The summed E-state index contributed by atoms with van der Waals surface area (Å²) in [6.45, 7) is 5.01. The molecule has 2 saturated heterocycles. The monoisotopic (exact) mass is 275 g/mol. The van der Waals surface area contributed by atoms with Crippen LogP contribution in [0.4, 0.5) is 0 Å². The predicted molar refractivity (Wildman–Crippen MR) is 75.7 cm³/mol. The van der Waals surface area contributed by atoms with E-state index in [0.717, 1.165) is 25.4 Å². The average molecular weight is 275 g/mol. The molecule has 2 fully saturated rings. The molecule has 3 rings (SSSR count). The van der Waals surface area contributed by atoms with Crippen LogP contribution in [0, 0.1) is 12.8 Å². The molecule has 0 radical (unpaired) electrons. The number of likely N-dealkylation sites (tertiary alicyclic amines) is 1. The van der Waals surface area contributed by atoms with Gasteiger partial charge >= 0.3 is 0 Å². The van der Waals surface area contributed by atoms with Gasteiger partial charge in [0.15, 0.2) is 0 Å². The van der Waals surface area contributed by atoms with Crippen LogP contribution < -0.4 is 4.74 Å². The molecule has 4 heteroatoms. The normalized spacial score (nSPS) is 22.6. The van der Waals surface area contributed by atoms with Gasteiger partial charge < -0.3 is 14.4 Å². The topological polar surface area (TPSA) is 38.8 Å². The molecule has 2 aliphatic rings. The molecular weight excluding hydrogens is 254 g/mol. The molecule has 0 N–H and O–H groups in total. The lowest BCUT2D eigenvalue weighted by Crippen LogP contribution is -2.56. The molecule has 108 valence electrons. The van der Waals surface area contributed by atoms with Crippen LogP contribution in [0.2, 0.25) is 0 Å². The third-order valence-corrected chi connectivity index (χ3v) is 3.98. The van der Waals surface area contributed by atoms with Crippen molar-refractivity contribution in [3.8, 4) is 5.75 Å². The number of carbonyl (C=O) groups is 1. The minimum absolute atomic E-state index is 0.139. The second-order valence-corrected chi connectivity index (χ2v) is 5.79. The van der Waals surface area contributed by atoms with Crippen LogP contribution in [-0.2, 0) is 9.53 Å². The molecule has 0 aliphatic carbocycles. The Morgan fingerprint density at radius 2 is 2.30 bits per heavy atom. The lowest BCUT2D eigenvalue weighted by atomic mass is 10.0. The molecule has 4 nitrogen and oxygen atoms in total. The maximum absolute atomic E-state index is 12.0. The molecule has 0 bridgehead atoms. The molecule has 1 aromatic rings. The highest BCUT2D eigenvalue weighted by Gasteiger charge is 2.33. The van der Waals surface area contributed by atoms with Crippen molar-refractivity contribution >= 4 is 5.91 Å². The average Bonchev–Trinajstić information content (AvgIpc) is 2.86. The summed E-state index contributed by atoms with van der Waals surface area (Å²) in [5.74, 6) is 1.55. The number of aryl methyl sites for hydroxylation is 1. The minimum Gasteiger partial charge on any atom is -0.487 e. The molecule has 0 aromatic heterocycles. The highest BCUT2D eigenvalue weighted by Crippen LogP contribution is 2.22. The number of ether oxygens (including phenoxy) is 2. The molecule has 0 spiro atoms. The zero-order valence-corrected chi connectivity index (χ0v) is 11.9. The second-order valence-electron chi connectivity index (χ2n) is 5.79. The van der Waals surface area contributed by atoms with E-state index in [2.05, 4.69) is 0 Å². The molecule has 1 atom stereocenters. The van der Waals surface area contributed by atoms with E-state index in [4.69, 9.17) is 9.47 Å². The first kappa shape index (κ1) is 13.4. The molecular formula is C16H21NO3. The largest absolute Gasteiger partial charge is 0.487 e. The van der Waals surface area contributed by atoms with E-state index < -0.39 is 0 Å². The van der Waals surface area contributed by atoms with E-state index in [-0.39, 0.29) is 12.0 Å². The fraction of sp³-hybridized carbons (Fsp3) is 0.562. The molecule has 0 saturated carbocycles. The lowest BCUT2D eigenvalue weighted by molar-refractivity contribution is -0.141. The Bertz CT molecular complexity index is 476. The van der Waals surface area contributed by atoms with E-state index in [1.54, 1.807) is 0 Å². The Balaban J connectivity index is 1.43. The third kappa shape index (κ3) is 3.12. The first-order valence-corrected chi connectivity index (χ1v) is 7.29. The van der Waals surface area contributed by atoms with E-state index >= 15 is 0 Å². The summed E-state index contributed by atoms with van der Waals surface area (Å²) in [5.41, 5.74) is 1.19. The summed E-state index contributed by atoms with van der Waals surface area (Å²) < 4.78 is 11.2. The number of nitrogens with zero attached hydrogens (tertiary/aromatic N) is 1. The van der Waals surface area contributed by atoms with Crippen molar-refractivity contribution < 1.29 is 14.3 Å². The minimum atomic E-state index is 0.139. The van der Waals surface area contributed by atoms with Crippen LogP contribution in [0.3, 0.4) is 0 Å². The van der Waals surface area contributed by atoms with Crippen LogP contribution in [0.15, 0.2) is 24.3 Å². The summed E-state index contributed by atoms with van der Waals surface area (Å²) in [7, 11) is 0. The van der Waals surface area contributed by atoms with Crippen molar-refractivity contribution in [3.63, 3.8) is 0 Å². The molecule has 0 unspecified atom stereocenters. The predicted octanol–water partition coefficient (Wildman–Crippen LogP) is 2.01. The summed E-state index contributed by atoms with van der Waals surface area (Å²) in [6, 6.07) is 8.03. The van der Waals surface area contributed by atoms with Gasteiger partial charge in [0.1, 0.15) is 11.9 Å². The Labute approximate surface area is 119 Å². The van der Waals surface area contributed by atoms with Crippen molar-refractivity contribution in [3.05, 3.63) is 29.8 Å². The summed E-state index contributed by atoms with van der Waals surface area (Å²) >= 11 is 0. The Morgan fingerprint density at radius 3 is 3.00 bits per heavy atom. The number of hydrogen-bond acceptors (Lipinski definition) is 3. The van der Waals surface area contributed by atoms with Crippen LogP contribution in [-0.4, -0.2) is 43.2 Å². The Morgan fingerprint density at radius 1 is 1.45 bits per heavy atom. The quantitative estimate of drug-likeness (QED) is 0.844. The highest BCUT2D eigenvalue weighted by molar-refractivity contribution is 5.77. The third-order valence-electron chi connectivity index (χ3n) is 3.98. The number of rotatable bonds is 4. The zero-order valence-electron chi connectivity index (χ0n) is 11.9. The van der Waals surface area contributed by atoms with E-state index in [1.165, 1.54) is 5.56 Å². The lowest BCUT2D eigenvalue weighted by Gasteiger charge is -2.39. The SMILES string of the molecule is Cc1cccc(OC2CN(C(=O)C[C@H]3CCOC3)C2)c1. The number of hydrogen-bond donors (Lipinski definition) is 0. The fourth-order valence-electron chi connectivity index (χ4n) is 2.72. The van der Waals surface area contributed by atoms with Gasteiger partial charge in [0.25, 0.3) is 0 Å². The standard InChI is InChI=1S/C16H21NO3/c1-12-3-2-4-14(7-12)20-15-9-17(10-15)16(18)8-13-5-6-19-11-13/h2-4,7,13,15H,5-6,8-11H2,1H3/t13-/m1/s1. The van der Waals surface area contributed by atoms with Crippen LogP contribution >= 0.6 is 0 Å². The summed E-state index contributed by atoms with van der Waals surface area (Å²) in [4.78, 5) is 13.9. The van der Waals surface area contributed by atoms with Crippen LogP contribution in [0.25, 0.3) is 0 Å². The van der Waals surface area contributed by atoms with Crippen LogP contribution in [0.5, 0.6) is 5.75 Å². The molecule has 2 heterocycles. The smallest absolute Gasteiger partial charge is 0.223 e. The molecule has 1 amide bonds. The Kier molecular flexibility index (Phi) is 3.92. The molecule has 2 aliphatic heterocycles. The number of carbonyl (C=O) groups excluding carboxylic acids is 1. The van der Waals surface area contributed by atoms with Crippen molar-refractivity contribution in [2.45, 2.75) is 25.9 Å². The fourth-order valence-corrected chi connectivity index (χ4v) is 2.72. The van der Waals surface area contributed by atoms with E-state index in [1.807, 2.05) is 36.1 Å². The number of benzene rings is 1. The zero-order chi connectivity index (χ0) is 13.9. The van der Waals surface area contributed by atoms with Crippen LogP contribution in [0.1, 0.15) is 18.4 Å². The van der Waals surface area contributed by atoms with Gasteiger partial charge in [-0.05, 0) is 37.0 Å². The first-order valence-electron chi connectivity index (χ1n) is 7.29. The van der Waals surface area contributed by atoms with E-state index in [9.17, 15) is 4.79 Å². The van der Waals surface area contributed by atoms with Gasteiger partial charge in [-0.25, -0.2) is 0 Å². The van der Waals surface area contributed by atoms with Gasteiger partial charge in [-0.3, -0.25) is 4.79 Å². The van der Waals surface area contributed by atoms with Gasteiger partial charge in [-0.1, -0.05) is 12.1 Å². The second kappa shape index (κ2) is 5.83. The van der Waals surface area contributed by atoms with Crippen molar-refractivity contribution in [1.29, 1.82) is 0 Å². The molecule has 20 heavy (non-hydrogen) atoms. The van der Waals surface area contributed by atoms with Gasteiger partial charge in [0, 0.05) is 19.6 Å². The van der Waals surface area contributed by atoms with Crippen molar-refractivity contribution in [1.82, 2.24) is 4.90 Å². The maximum atomic E-state index is 12.0.